The molecular weight excluding hydrogens is 284 g/mol. The number of carbonyl (C=O) groups excluding carboxylic acids is 1. The van der Waals surface area contributed by atoms with Crippen LogP contribution in [0.1, 0.15) is 28.4 Å². The SMILES string of the molecule is C=C1C(=O)c2c(O)cc(O)cc2[C@@H](O)C(Cl)C/C=C\1O. The fourth-order valence-corrected chi connectivity index (χ4v) is 2.28. The summed E-state index contributed by atoms with van der Waals surface area (Å²) in [6.07, 6.45) is 0.0872. The first-order chi connectivity index (χ1) is 9.32. The van der Waals surface area contributed by atoms with E-state index in [9.17, 15) is 25.2 Å². The molecule has 2 rings (SSSR count). The highest BCUT2D eigenvalue weighted by atomic mass is 35.5. The zero-order chi connectivity index (χ0) is 15.0. The van der Waals surface area contributed by atoms with Gasteiger partial charge in [-0.3, -0.25) is 4.79 Å². The van der Waals surface area contributed by atoms with E-state index in [1.807, 2.05) is 0 Å². The second-order valence-corrected chi connectivity index (χ2v) is 5.08. The zero-order valence-electron chi connectivity index (χ0n) is 10.4. The van der Waals surface area contributed by atoms with Crippen LogP contribution in [-0.2, 0) is 0 Å². The van der Waals surface area contributed by atoms with Crippen LogP contribution in [0, 0.1) is 0 Å². The van der Waals surface area contributed by atoms with Gasteiger partial charge in [0.25, 0.3) is 0 Å². The molecule has 0 saturated carbocycles. The second kappa shape index (κ2) is 5.19. The summed E-state index contributed by atoms with van der Waals surface area (Å²) in [6.45, 7) is 3.47. The van der Waals surface area contributed by atoms with Crippen molar-refractivity contribution in [2.24, 2.45) is 0 Å². The van der Waals surface area contributed by atoms with Gasteiger partial charge in [0.1, 0.15) is 17.3 Å². The molecule has 0 aliphatic heterocycles. The van der Waals surface area contributed by atoms with Crippen LogP contribution in [0.25, 0.3) is 0 Å². The Balaban J connectivity index is 2.72. The lowest BCUT2D eigenvalue weighted by Crippen LogP contribution is -2.15. The van der Waals surface area contributed by atoms with Crippen LogP contribution in [0.5, 0.6) is 11.5 Å². The number of alkyl halides is 1. The Morgan fingerprint density at radius 1 is 1.25 bits per heavy atom. The van der Waals surface area contributed by atoms with Crippen molar-refractivity contribution in [2.45, 2.75) is 17.9 Å². The third-order valence-electron chi connectivity index (χ3n) is 3.14. The van der Waals surface area contributed by atoms with E-state index >= 15 is 0 Å². The average molecular weight is 297 g/mol. The molecule has 0 aromatic heterocycles. The number of allylic oxidation sites excluding steroid dienone is 2. The van der Waals surface area contributed by atoms with E-state index in [0.29, 0.717) is 0 Å². The number of phenolic OH excluding ortho intramolecular Hbond substituents is 2. The van der Waals surface area contributed by atoms with E-state index in [1.165, 1.54) is 6.08 Å². The molecule has 20 heavy (non-hydrogen) atoms. The highest BCUT2D eigenvalue weighted by Crippen LogP contribution is 2.37. The summed E-state index contributed by atoms with van der Waals surface area (Å²) in [5.74, 6) is -1.91. The van der Waals surface area contributed by atoms with E-state index in [0.717, 1.165) is 12.1 Å². The largest absolute Gasteiger partial charge is 0.508 e. The number of fused-ring (bicyclic) bond motifs is 1. The molecule has 0 bridgehead atoms. The van der Waals surface area contributed by atoms with Crippen molar-refractivity contribution in [3.63, 3.8) is 0 Å². The highest BCUT2D eigenvalue weighted by molar-refractivity contribution is 6.21. The van der Waals surface area contributed by atoms with E-state index in [2.05, 4.69) is 6.58 Å². The molecule has 0 spiro atoms. The maximum Gasteiger partial charge on any atom is 0.200 e. The van der Waals surface area contributed by atoms with Crippen molar-refractivity contribution in [1.82, 2.24) is 0 Å². The molecule has 1 aliphatic carbocycles. The fraction of sp³-hybridized carbons (Fsp3) is 0.214. The zero-order valence-corrected chi connectivity index (χ0v) is 11.1. The smallest absolute Gasteiger partial charge is 0.200 e. The lowest BCUT2D eigenvalue weighted by molar-refractivity contribution is 0.102. The number of ketones is 1. The monoisotopic (exact) mass is 296 g/mol. The van der Waals surface area contributed by atoms with Crippen LogP contribution in [0.3, 0.4) is 0 Å². The Morgan fingerprint density at radius 3 is 2.55 bits per heavy atom. The summed E-state index contributed by atoms with van der Waals surface area (Å²) in [5.41, 5.74) is -0.449. The average Bonchev–Trinajstić information content (AvgIpc) is 2.42. The van der Waals surface area contributed by atoms with Gasteiger partial charge in [-0.25, -0.2) is 0 Å². The van der Waals surface area contributed by atoms with Crippen molar-refractivity contribution in [3.05, 3.63) is 47.2 Å². The number of aromatic hydroxyl groups is 2. The van der Waals surface area contributed by atoms with Crippen LogP contribution >= 0.6 is 11.6 Å². The van der Waals surface area contributed by atoms with E-state index in [-0.39, 0.29) is 34.6 Å². The van der Waals surface area contributed by atoms with Crippen molar-refractivity contribution in [1.29, 1.82) is 0 Å². The number of benzene rings is 1. The Hall–Kier alpha value is -1.98. The minimum Gasteiger partial charge on any atom is -0.508 e. The molecule has 2 atom stereocenters. The normalized spacial score (nSPS) is 26.0. The van der Waals surface area contributed by atoms with Crippen molar-refractivity contribution >= 4 is 17.4 Å². The van der Waals surface area contributed by atoms with Gasteiger partial charge < -0.3 is 20.4 Å². The molecule has 0 heterocycles. The van der Waals surface area contributed by atoms with Crippen molar-refractivity contribution < 1.29 is 25.2 Å². The van der Waals surface area contributed by atoms with Gasteiger partial charge in [0.05, 0.1) is 22.6 Å². The van der Waals surface area contributed by atoms with Crippen molar-refractivity contribution in [2.75, 3.05) is 0 Å². The summed E-state index contributed by atoms with van der Waals surface area (Å²) in [6, 6.07) is 2.13. The van der Waals surface area contributed by atoms with Gasteiger partial charge in [-0.2, -0.15) is 0 Å². The summed E-state index contributed by atoms with van der Waals surface area (Å²) in [7, 11) is 0. The number of aliphatic hydroxyl groups is 2. The minimum atomic E-state index is -1.29. The first-order valence-electron chi connectivity index (χ1n) is 5.84. The molecular formula is C14H13ClO5. The van der Waals surface area contributed by atoms with Gasteiger partial charge in [0, 0.05) is 11.6 Å². The van der Waals surface area contributed by atoms with Gasteiger partial charge in [0.2, 0.25) is 0 Å². The second-order valence-electron chi connectivity index (χ2n) is 4.52. The van der Waals surface area contributed by atoms with E-state index in [4.69, 9.17) is 11.6 Å². The van der Waals surface area contributed by atoms with E-state index < -0.39 is 23.0 Å². The maximum absolute atomic E-state index is 12.2. The molecule has 6 heteroatoms. The minimum absolute atomic E-state index is 0.00301. The Kier molecular flexibility index (Phi) is 3.74. The fourth-order valence-electron chi connectivity index (χ4n) is 2.05. The van der Waals surface area contributed by atoms with Crippen LogP contribution < -0.4 is 0 Å². The van der Waals surface area contributed by atoms with Gasteiger partial charge in [-0.1, -0.05) is 6.58 Å². The number of rotatable bonds is 0. The Labute approximate surface area is 120 Å². The van der Waals surface area contributed by atoms with E-state index in [1.54, 1.807) is 0 Å². The predicted octanol–water partition coefficient (Wildman–Crippen LogP) is 2.32. The van der Waals surface area contributed by atoms with Gasteiger partial charge >= 0.3 is 0 Å². The van der Waals surface area contributed by atoms with Gasteiger partial charge in [-0.15, -0.1) is 11.6 Å². The number of aliphatic hydroxyl groups excluding tert-OH is 2. The molecule has 0 fully saturated rings. The lowest BCUT2D eigenvalue weighted by Gasteiger charge is -2.19. The molecule has 1 unspecified atom stereocenters. The summed E-state index contributed by atoms with van der Waals surface area (Å²) in [5, 5.41) is 38.4. The molecule has 1 aromatic carbocycles. The number of hydrogen-bond acceptors (Lipinski definition) is 5. The molecule has 1 aliphatic rings. The summed E-state index contributed by atoms with van der Waals surface area (Å²) in [4.78, 5) is 12.2. The topological polar surface area (TPSA) is 98.0 Å². The third-order valence-corrected chi connectivity index (χ3v) is 3.56. The number of carbonyl (C=O) groups is 1. The molecule has 0 saturated heterocycles. The van der Waals surface area contributed by atoms with Crippen LogP contribution in [0.4, 0.5) is 0 Å². The first kappa shape index (κ1) is 14.4. The first-order valence-corrected chi connectivity index (χ1v) is 6.27. The molecule has 1 aromatic rings. The molecule has 106 valence electrons. The number of halogens is 1. The quantitative estimate of drug-likeness (QED) is 0.435. The lowest BCUT2D eigenvalue weighted by atomic mass is 9.93. The Morgan fingerprint density at radius 2 is 1.90 bits per heavy atom. The third kappa shape index (κ3) is 2.37. The molecule has 4 N–H and O–H groups in total. The molecule has 5 nitrogen and oxygen atoms in total. The Bertz CT molecular complexity index is 620. The van der Waals surface area contributed by atoms with Crippen LogP contribution in [0.2, 0.25) is 0 Å². The number of hydrogen-bond donors (Lipinski definition) is 4. The number of Topliss-reactive ketones (excluding diaryl/α,β-unsaturated/α-hetero) is 1. The van der Waals surface area contributed by atoms with Gasteiger partial charge in [0.15, 0.2) is 5.78 Å². The maximum atomic E-state index is 12.2. The molecule has 0 amide bonds. The standard InChI is InChI=1S/C14H13ClO5/c1-6-10(17)3-2-9(15)14(20)8-4-7(16)5-11(18)12(8)13(6)19/h3-5,9,14,16-18,20H,1-2H2/b10-3+/t9?,14-/m1/s1. The van der Waals surface area contributed by atoms with Crippen molar-refractivity contribution in [3.8, 4) is 11.5 Å². The summed E-state index contributed by atoms with van der Waals surface area (Å²) < 4.78 is 0. The van der Waals surface area contributed by atoms with Crippen LogP contribution in [0.15, 0.2) is 36.1 Å². The predicted molar refractivity (Wildman–Crippen MR) is 73.2 cm³/mol. The van der Waals surface area contributed by atoms with Crippen LogP contribution in [-0.4, -0.2) is 31.6 Å². The highest BCUT2D eigenvalue weighted by Gasteiger charge is 2.30. The van der Waals surface area contributed by atoms with Gasteiger partial charge in [-0.05, 0) is 18.6 Å². The molecule has 0 radical (unpaired) electrons. The number of phenols is 2. The summed E-state index contributed by atoms with van der Waals surface area (Å²) >= 11 is 6.00.